The number of rotatable bonds is 4. The number of nitrogens with zero attached hydrogens (tertiary/aromatic N) is 2. The number of methoxy groups -OCH3 is 1. The molecule has 1 aromatic heterocycles. The van der Waals surface area contributed by atoms with E-state index in [0.717, 1.165) is 11.3 Å². The molecule has 0 aliphatic carbocycles. The van der Waals surface area contributed by atoms with Gasteiger partial charge in [0.1, 0.15) is 18.2 Å². The Morgan fingerprint density at radius 2 is 1.95 bits per heavy atom. The predicted octanol–water partition coefficient (Wildman–Crippen LogP) is 2.61. The summed E-state index contributed by atoms with van der Waals surface area (Å²) in [5.74, 6) is 2.04. The highest BCUT2D eigenvalue weighted by molar-refractivity contribution is 5.40. The van der Waals surface area contributed by atoms with E-state index in [1.165, 1.54) is 5.56 Å². The van der Waals surface area contributed by atoms with Crippen LogP contribution in [0.5, 0.6) is 11.6 Å². The normalized spacial score (nSPS) is 10.5. The van der Waals surface area contributed by atoms with Crippen molar-refractivity contribution in [3.8, 4) is 11.6 Å². The number of aryl methyl sites for hydroxylation is 2. The van der Waals surface area contributed by atoms with Crippen LogP contribution in [0.25, 0.3) is 0 Å². The Morgan fingerprint density at radius 3 is 2.63 bits per heavy atom. The Bertz CT molecular complexity index is 585. The highest BCUT2D eigenvalue weighted by Crippen LogP contribution is 2.25. The van der Waals surface area contributed by atoms with E-state index in [1.807, 2.05) is 26.0 Å². The van der Waals surface area contributed by atoms with Crippen LogP contribution in [0.3, 0.4) is 0 Å². The van der Waals surface area contributed by atoms with Crippen LogP contribution >= 0.6 is 0 Å². The minimum absolute atomic E-state index is 0.300. The highest BCUT2D eigenvalue weighted by Gasteiger charge is 2.06. The average Bonchev–Trinajstić information content (AvgIpc) is 2.32. The van der Waals surface area contributed by atoms with E-state index in [0.29, 0.717) is 24.1 Å². The third-order valence-electron chi connectivity index (χ3n) is 2.59. The lowest BCUT2D eigenvalue weighted by Crippen LogP contribution is -2.02. The first-order valence-electron chi connectivity index (χ1n) is 5.96. The van der Waals surface area contributed by atoms with Crippen LogP contribution in [0.1, 0.15) is 17.0 Å². The van der Waals surface area contributed by atoms with E-state index in [4.69, 9.17) is 15.2 Å². The van der Waals surface area contributed by atoms with Crippen molar-refractivity contribution < 1.29 is 9.47 Å². The van der Waals surface area contributed by atoms with E-state index >= 15 is 0 Å². The lowest BCUT2D eigenvalue weighted by atomic mass is 10.1. The van der Waals surface area contributed by atoms with Crippen molar-refractivity contribution in [1.82, 2.24) is 9.97 Å². The maximum atomic E-state index is 5.75. The molecule has 2 aromatic rings. The Kier molecular flexibility index (Phi) is 3.97. The largest absolute Gasteiger partial charge is 0.439 e. The van der Waals surface area contributed by atoms with Gasteiger partial charge in [-0.2, -0.15) is 4.98 Å². The number of hydrogen-bond acceptors (Lipinski definition) is 5. The number of anilines is 1. The lowest BCUT2D eigenvalue weighted by Gasteiger charge is -2.10. The third kappa shape index (κ3) is 3.42. The number of aromatic nitrogens is 2. The Balaban J connectivity index is 2.27. The van der Waals surface area contributed by atoms with Gasteiger partial charge in [0.05, 0.1) is 0 Å². The maximum absolute atomic E-state index is 5.75. The molecule has 0 unspecified atom stereocenters. The van der Waals surface area contributed by atoms with Gasteiger partial charge < -0.3 is 15.2 Å². The van der Waals surface area contributed by atoms with E-state index in [2.05, 4.69) is 16.0 Å². The van der Waals surface area contributed by atoms with Crippen LogP contribution in [-0.2, 0) is 11.3 Å². The summed E-state index contributed by atoms with van der Waals surface area (Å²) in [4.78, 5) is 8.31. The van der Waals surface area contributed by atoms with Crippen molar-refractivity contribution in [3.05, 3.63) is 41.2 Å². The fourth-order valence-electron chi connectivity index (χ4n) is 1.76. The molecule has 0 fully saturated rings. The minimum Gasteiger partial charge on any atom is -0.439 e. The molecule has 0 amide bonds. The minimum atomic E-state index is 0.300. The van der Waals surface area contributed by atoms with Crippen molar-refractivity contribution >= 4 is 5.82 Å². The molecule has 0 aliphatic heterocycles. The molecule has 0 bridgehead atoms. The fraction of sp³-hybridized carbons (Fsp3) is 0.286. The molecular weight excluding hydrogens is 242 g/mol. The molecule has 0 spiro atoms. The molecule has 0 saturated carbocycles. The zero-order valence-electron chi connectivity index (χ0n) is 11.3. The SMILES string of the molecule is COCc1nc(N)cc(Oc2ccc(C)cc2C)n1. The molecule has 5 nitrogen and oxygen atoms in total. The molecule has 0 atom stereocenters. The lowest BCUT2D eigenvalue weighted by molar-refractivity contribution is 0.177. The van der Waals surface area contributed by atoms with Gasteiger partial charge >= 0.3 is 0 Å². The first kappa shape index (κ1) is 13.3. The first-order chi connectivity index (χ1) is 9.08. The summed E-state index contributed by atoms with van der Waals surface area (Å²) in [6, 6.07) is 7.55. The average molecular weight is 259 g/mol. The third-order valence-corrected chi connectivity index (χ3v) is 2.59. The van der Waals surface area contributed by atoms with Gasteiger partial charge in [-0.25, -0.2) is 4.98 Å². The second kappa shape index (κ2) is 5.67. The molecule has 100 valence electrons. The zero-order chi connectivity index (χ0) is 13.8. The quantitative estimate of drug-likeness (QED) is 0.913. The van der Waals surface area contributed by atoms with Gasteiger partial charge in [0, 0.05) is 13.2 Å². The molecule has 0 saturated heterocycles. The molecule has 0 radical (unpaired) electrons. The number of nitrogen functional groups attached to an aromatic ring is 1. The van der Waals surface area contributed by atoms with Gasteiger partial charge in [-0.3, -0.25) is 0 Å². The van der Waals surface area contributed by atoms with Gasteiger partial charge in [0.25, 0.3) is 0 Å². The molecule has 5 heteroatoms. The standard InChI is InChI=1S/C14H17N3O2/c1-9-4-5-11(10(2)6-9)19-14-7-12(15)16-13(17-14)8-18-3/h4-7H,8H2,1-3H3,(H2,15,16,17). The van der Waals surface area contributed by atoms with E-state index < -0.39 is 0 Å². The van der Waals surface area contributed by atoms with Gasteiger partial charge in [-0.15, -0.1) is 0 Å². The van der Waals surface area contributed by atoms with Crippen LogP contribution in [-0.4, -0.2) is 17.1 Å². The predicted molar refractivity (Wildman–Crippen MR) is 73.1 cm³/mol. The summed E-state index contributed by atoms with van der Waals surface area (Å²) in [6.07, 6.45) is 0. The molecule has 0 aliphatic rings. The summed E-state index contributed by atoms with van der Waals surface area (Å²) < 4.78 is 10.7. The number of benzene rings is 1. The van der Waals surface area contributed by atoms with Crippen molar-refractivity contribution in [2.24, 2.45) is 0 Å². The second-order valence-electron chi connectivity index (χ2n) is 4.35. The maximum Gasteiger partial charge on any atom is 0.224 e. The van der Waals surface area contributed by atoms with E-state index in [9.17, 15) is 0 Å². The molecule has 2 N–H and O–H groups in total. The summed E-state index contributed by atoms with van der Waals surface area (Å²) in [7, 11) is 1.58. The summed E-state index contributed by atoms with van der Waals surface area (Å²) in [5.41, 5.74) is 7.95. The highest BCUT2D eigenvalue weighted by atomic mass is 16.5. The zero-order valence-corrected chi connectivity index (χ0v) is 11.3. The Hall–Kier alpha value is -2.14. The van der Waals surface area contributed by atoms with Crippen molar-refractivity contribution in [3.63, 3.8) is 0 Å². The van der Waals surface area contributed by atoms with Crippen molar-refractivity contribution in [2.75, 3.05) is 12.8 Å². The molecule has 1 aromatic carbocycles. The first-order valence-corrected chi connectivity index (χ1v) is 5.96. The molecule has 2 rings (SSSR count). The van der Waals surface area contributed by atoms with E-state index in [1.54, 1.807) is 13.2 Å². The van der Waals surface area contributed by atoms with Gasteiger partial charge in [0.2, 0.25) is 5.88 Å². The van der Waals surface area contributed by atoms with Crippen LogP contribution in [0.4, 0.5) is 5.82 Å². The Morgan fingerprint density at radius 1 is 1.16 bits per heavy atom. The number of hydrogen-bond donors (Lipinski definition) is 1. The topological polar surface area (TPSA) is 70.3 Å². The van der Waals surface area contributed by atoms with Gasteiger partial charge in [0.15, 0.2) is 5.82 Å². The van der Waals surface area contributed by atoms with E-state index in [-0.39, 0.29) is 0 Å². The second-order valence-corrected chi connectivity index (χ2v) is 4.35. The molecular formula is C14H17N3O2. The van der Waals surface area contributed by atoms with Crippen LogP contribution in [0, 0.1) is 13.8 Å². The fourth-order valence-corrected chi connectivity index (χ4v) is 1.76. The summed E-state index contributed by atoms with van der Waals surface area (Å²) >= 11 is 0. The van der Waals surface area contributed by atoms with Crippen LogP contribution in [0.15, 0.2) is 24.3 Å². The van der Waals surface area contributed by atoms with Gasteiger partial charge in [-0.05, 0) is 25.5 Å². The monoisotopic (exact) mass is 259 g/mol. The van der Waals surface area contributed by atoms with Crippen molar-refractivity contribution in [2.45, 2.75) is 20.5 Å². The van der Waals surface area contributed by atoms with Crippen LogP contribution in [0.2, 0.25) is 0 Å². The van der Waals surface area contributed by atoms with Crippen LogP contribution < -0.4 is 10.5 Å². The number of nitrogens with two attached hydrogens (primary N) is 1. The van der Waals surface area contributed by atoms with Crippen molar-refractivity contribution in [1.29, 1.82) is 0 Å². The molecule has 19 heavy (non-hydrogen) atoms. The molecule has 1 heterocycles. The summed E-state index contributed by atoms with van der Waals surface area (Å²) in [5, 5.41) is 0. The Labute approximate surface area is 112 Å². The number of ether oxygens (including phenoxy) is 2. The van der Waals surface area contributed by atoms with Gasteiger partial charge in [-0.1, -0.05) is 17.7 Å². The smallest absolute Gasteiger partial charge is 0.224 e. The summed E-state index contributed by atoms with van der Waals surface area (Å²) in [6.45, 7) is 4.33.